The molecule has 3 rings (SSSR count). The van der Waals surface area contributed by atoms with E-state index in [2.05, 4.69) is 4.90 Å². The summed E-state index contributed by atoms with van der Waals surface area (Å²) in [6, 6.07) is 9.70. The van der Waals surface area contributed by atoms with E-state index in [-0.39, 0.29) is 25.0 Å². The largest absolute Gasteiger partial charge is 0.395 e. The number of hydrogen-bond acceptors (Lipinski definition) is 5. The van der Waals surface area contributed by atoms with Gasteiger partial charge in [-0.2, -0.15) is 0 Å². The third-order valence-corrected chi connectivity index (χ3v) is 5.30. The number of carbonyl (C=O) groups is 2. The van der Waals surface area contributed by atoms with Crippen LogP contribution in [0.2, 0.25) is 0 Å². The van der Waals surface area contributed by atoms with Gasteiger partial charge in [0.25, 0.3) is 0 Å². The van der Waals surface area contributed by atoms with Crippen molar-refractivity contribution < 1.29 is 14.7 Å². The van der Waals surface area contributed by atoms with Gasteiger partial charge in [0.2, 0.25) is 11.8 Å². The first-order valence-corrected chi connectivity index (χ1v) is 9.52. The molecule has 2 heterocycles. The summed E-state index contributed by atoms with van der Waals surface area (Å²) < 4.78 is 0. The van der Waals surface area contributed by atoms with Gasteiger partial charge in [0, 0.05) is 32.7 Å². The summed E-state index contributed by atoms with van der Waals surface area (Å²) in [5.74, 6) is 0.317. The van der Waals surface area contributed by atoms with Crippen molar-refractivity contribution in [2.75, 3.05) is 51.6 Å². The normalized spacial score (nSPS) is 19.1. The van der Waals surface area contributed by atoms with Crippen LogP contribution in [0, 0.1) is 0 Å². The number of amides is 2. The van der Waals surface area contributed by atoms with Crippen LogP contribution in [0.1, 0.15) is 5.56 Å². The van der Waals surface area contributed by atoms with Crippen LogP contribution < -0.4 is 0 Å². The molecule has 0 bridgehead atoms. The van der Waals surface area contributed by atoms with Gasteiger partial charge in [-0.05, 0) is 11.0 Å². The molecule has 134 valence electrons. The molecule has 1 fully saturated rings. The average Bonchev–Trinajstić information content (AvgIpc) is 2.65. The fraction of sp³-hybridized carbons (Fsp3) is 0.444. The Morgan fingerprint density at radius 3 is 2.52 bits per heavy atom. The molecule has 2 aliphatic heterocycles. The number of rotatable bonds is 5. The molecular weight excluding hydrogens is 338 g/mol. The van der Waals surface area contributed by atoms with Gasteiger partial charge < -0.3 is 14.9 Å². The lowest BCUT2D eigenvalue weighted by atomic mass is 10.1. The summed E-state index contributed by atoms with van der Waals surface area (Å²) in [5, 5.41) is 11.0. The Kier molecular flexibility index (Phi) is 6.12. The maximum absolute atomic E-state index is 12.7. The van der Waals surface area contributed by atoms with Crippen molar-refractivity contribution in [2.45, 2.75) is 0 Å². The SMILES string of the molecule is O=C(CN1C(=O)CSC=C1c1ccccc1)N1CCN(CCO)CC1. The molecular formula is C18H23N3O3S. The molecule has 0 saturated carbocycles. The first-order chi connectivity index (χ1) is 12.2. The number of thioether (sulfide) groups is 1. The van der Waals surface area contributed by atoms with Gasteiger partial charge in [-0.15, -0.1) is 11.8 Å². The van der Waals surface area contributed by atoms with Crippen molar-refractivity contribution in [2.24, 2.45) is 0 Å². The van der Waals surface area contributed by atoms with Crippen molar-refractivity contribution in [3.05, 3.63) is 41.3 Å². The summed E-state index contributed by atoms with van der Waals surface area (Å²) in [4.78, 5) is 30.6. The highest BCUT2D eigenvalue weighted by molar-refractivity contribution is 8.03. The average molecular weight is 361 g/mol. The molecule has 2 amide bonds. The van der Waals surface area contributed by atoms with Crippen LogP contribution in [0.25, 0.3) is 5.70 Å². The van der Waals surface area contributed by atoms with E-state index in [0.29, 0.717) is 25.4 Å². The van der Waals surface area contributed by atoms with Crippen LogP contribution in [0.4, 0.5) is 0 Å². The van der Waals surface area contributed by atoms with Crippen LogP contribution in [-0.4, -0.2) is 83.2 Å². The van der Waals surface area contributed by atoms with Crippen molar-refractivity contribution >= 4 is 29.3 Å². The number of piperazine rings is 1. The monoisotopic (exact) mass is 361 g/mol. The summed E-state index contributed by atoms with van der Waals surface area (Å²) in [5.41, 5.74) is 1.75. The molecule has 1 aromatic carbocycles. The predicted molar refractivity (Wildman–Crippen MR) is 98.7 cm³/mol. The van der Waals surface area contributed by atoms with E-state index >= 15 is 0 Å². The van der Waals surface area contributed by atoms with Crippen molar-refractivity contribution in [3.63, 3.8) is 0 Å². The van der Waals surface area contributed by atoms with Crippen LogP contribution in [0.3, 0.4) is 0 Å². The van der Waals surface area contributed by atoms with E-state index in [1.807, 2.05) is 40.6 Å². The molecule has 1 aromatic rings. The highest BCUT2D eigenvalue weighted by Crippen LogP contribution is 2.28. The zero-order chi connectivity index (χ0) is 17.6. The first kappa shape index (κ1) is 18.0. The molecule has 1 N–H and O–H groups in total. The number of carbonyl (C=O) groups excluding carboxylic acids is 2. The van der Waals surface area contributed by atoms with Gasteiger partial charge in [0.15, 0.2) is 0 Å². The van der Waals surface area contributed by atoms with Gasteiger partial charge in [-0.1, -0.05) is 30.3 Å². The second-order valence-electron chi connectivity index (χ2n) is 6.11. The fourth-order valence-corrected chi connectivity index (χ4v) is 3.87. The van der Waals surface area contributed by atoms with Crippen LogP contribution >= 0.6 is 11.8 Å². The van der Waals surface area contributed by atoms with Gasteiger partial charge in [-0.3, -0.25) is 14.5 Å². The van der Waals surface area contributed by atoms with E-state index < -0.39 is 0 Å². The molecule has 0 unspecified atom stereocenters. The van der Waals surface area contributed by atoms with Crippen molar-refractivity contribution in [1.82, 2.24) is 14.7 Å². The van der Waals surface area contributed by atoms with Gasteiger partial charge >= 0.3 is 0 Å². The molecule has 0 atom stereocenters. The van der Waals surface area contributed by atoms with E-state index in [0.717, 1.165) is 24.4 Å². The van der Waals surface area contributed by atoms with Crippen LogP contribution in [0.5, 0.6) is 0 Å². The number of aliphatic hydroxyl groups excluding tert-OH is 1. The highest BCUT2D eigenvalue weighted by atomic mass is 32.2. The quantitative estimate of drug-likeness (QED) is 0.836. The molecule has 0 radical (unpaired) electrons. The van der Waals surface area contributed by atoms with E-state index in [1.54, 1.807) is 4.90 Å². The summed E-state index contributed by atoms with van der Waals surface area (Å²) in [6.45, 7) is 3.67. The maximum Gasteiger partial charge on any atom is 0.242 e. The lowest BCUT2D eigenvalue weighted by Gasteiger charge is -2.36. The van der Waals surface area contributed by atoms with E-state index in [9.17, 15) is 9.59 Å². The Labute approximate surface area is 152 Å². The summed E-state index contributed by atoms with van der Waals surface area (Å²) in [7, 11) is 0. The van der Waals surface area contributed by atoms with Gasteiger partial charge in [0.05, 0.1) is 18.1 Å². The van der Waals surface area contributed by atoms with Crippen molar-refractivity contribution in [1.29, 1.82) is 0 Å². The topological polar surface area (TPSA) is 64.1 Å². The minimum absolute atomic E-state index is 0.0225. The summed E-state index contributed by atoms with van der Waals surface area (Å²) in [6.07, 6.45) is 0. The number of aliphatic hydroxyl groups is 1. The van der Waals surface area contributed by atoms with Crippen LogP contribution in [0.15, 0.2) is 35.7 Å². The number of benzene rings is 1. The minimum atomic E-state index is -0.0291. The zero-order valence-electron chi connectivity index (χ0n) is 14.1. The van der Waals surface area contributed by atoms with Crippen LogP contribution in [-0.2, 0) is 9.59 Å². The Bertz CT molecular complexity index is 642. The fourth-order valence-electron chi connectivity index (χ4n) is 3.07. The number of nitrogens with zero attached hydrogens (tertiary/aromatic N) is 3. The standard InChI is InChI=1S/C18H23N3O3S/c22-11-10-19-6-8-20(9-7-19)17(23)12-21-16(13-25-14-18(21)24)15-4-2-1-3-5-15/h1-5,13,22H,6-12,14H2. The molecule has 0 aromatic heterocycles. The molecule has 0 aliphatic carbocycles. The van der Waals surface area contributed by atoms with Gasteiger partial charge in [-0.25, -0.2) is 0 Å². The molecule has 1 saturated heterocycles. The Balaban J connectivity index is 1.66. The molecule has 6 nitrogen and oxygen atoms in total. The van der Waals surface area contributed by atoms with Crippen molar-refractivity contribution in [3.8, 4) is 0 Å². The molecule has 7 heteroatoms. The number of β-amino-alcohol motifs (C(OH)–C–C–N with tert-alkyl or cyclic N) is 1. The second kappa shape index (κ2) is 8.51. The smallest absolute Gasteiger partial charge is 0.242 e. The minimum Gasteiger partial charge on any atom is -0.395 e. The number of hydrogen-bond donors (Lipinski definition) is 1. The molecule has 2 aliphatic rings. The lowest BCUT2D eigenvalue weighted by molar-refractivity contribution is -0.138. The third-order valence-electron chi connectivity index (χ3n) is 4.50. The molecule has 25 heavy (non-hydrogen) atoms. The lowest BCUT2D eigenvalue weighted by Crippen LogP contribution is -2.52. The molecule has 0 spiro atoms. The Hall–Kier alpha value is -1.83. The Morgan fingerprint density at radius 2 is 1.84 bits per heavy atom. The maximum atomic E-state index is 12.7. The van der Waals surface area contributed by atoms with Gasteiger partial charge in [0.1, 0.15) is 6.54 Å². The van der Waals surface area contributed by atoms with E-state index in [4.69, 9.17) is 5.11 Å². The first-order valence-electron chi connectivity index (χ1n) is 8.47. The summed E-state index contributed by atoms with van der Waals surface area (Å²) >= 11 is 1.47. The predicted octanol–water partition coefficient (Wildman–Crippen LogP) is 0.697. The zero-order valence-corrected chi connectivity index (χ0v) is 15.0. The Morgan fingerprint density at radius 1 is 1.12 bits per heavy atom. The second-order valence-corrected chi connectivity index (χ2v) is 6.96. The third kappa shape index (κ3) is 4.42. The van der Waals surface area contributed by atoms with E-state index in [1.165, 1.54) is 11.8 Å². The highest BCUT2D eigenvalue weighted by Gasteiger charge is 2.28.